The minimum Gasteiger partial charge on any atom is -0.229 e. The lowest BCUT2D eigenvalue weighted by Crippen LogP contribution is -2.06. The Morgan fingerprint density at radius 1 is 1.05 bits per heavy atom. The van der Waals surface area contributed by atoms with Crippen LogP contribution < -0.4 is 0 Å². The Morgan fingerprint density at radius 2 is 1.86 bits per heavy atom. The number of aryl methyl sites for hydroxylation is 3. The van der Waals surface area contributed by atoms with E-state index in [0.29, 0.717) is 17.4 Å². The SMILES string of the molecule is O=S1(=O)CC[C@H](CCc2ccc3c4c(cccc24)CC3)C1. The number of hydrogen-bond acceptors (Lipinski definition) is 2. The highest BCUT2D eigenvalue weighted by Gasteiger charge is 2.27. The molecule has 1 fully saturated rings. The topological polar surface area (TPSA) is 34.1 Å². The van der Waals surface area contributed by atoms with Crippen molar-refractivity contribution < 1.29 is 8.42 Å². The molecule has 1 heterocycles. The van der Waals surface area contributed by atoms with Gasteiger partial charge in [-0.25, -0.2) is 8.42 Å². The van der Waals surface area contributed by atoms with Gasteiger partial charge in [-0.15, -0.1) is 0 Å². The van der Waals surface area contributed by atoms with E-state index in [2.05, 4.69) is 30.3 Å². The average molecular weight is 300 g/mol. The van der Waals surface area contributed by atoms with Gasteiger partial charge in [0.1, 0.15) is 0 Å². The summed E-state index contributed by atoms with van der Waals surface area (Å²) in [5, 5.41) is 2.86. The van der Waals surface area contributed by atoms with Crippen LogP contribution >= 0.6 is 0 Å². The highest BCUT2D eigenvalue weighted by Crippen LogP contribution is 2.34. The Hall–Kier alpha value is -1.35. The van der Waals surface area contributed by atoms with E-state index in [1.54, 1.807) is 0 Å². The molecule has 0 unspecified atom stereocenters. The van der Waals surface area contributed by atoms with E-state index < -0.39 is 9.84 Å². The average Bonchev–Trinajstić information content (AvgIpc) is 3.03. The van der Waals surface area contributed by atoms with Gasteiger partial charge in [0.2, 0.25) is 0 Å². The monoisotopic (exact) mass is 300 g/mol. The molecule has 0 saturated carbocycles. The third-order valence-electron chi connectivity index (χ3n) is 5.12. The van der Waals surface area contributed by atoms with Crippen molar-refractivity contribution >= 4 is 20.6 Å². The summed E-state index contributed by atoms with van der Waals surface area (Å²) < 4.78 is 23.1. The zero-order valence-corrected chi connectivity index (χ0v) is 13.0. The Kier molecular flexibility index (Phi) is 3.07. The van der Waals surface area contributed by atoms with Crippen LogP contribution in [0.2, 0.25) is 0 Å². The Bertz CT molecular complexity index is 795. The van der Waals surface area contributed by atoms with Crippen LogP contribution in [-0.4, -0.2) is 19.9 Å². The summed E-state index contributed by atoms with van der Waals surface area (Å²) in [5.41, 5.74) is 4.35. The fourth-order valence-corrected chi connectivity index (χ4v) is 5.90. The molecule has 0 spiro atoms. The first-order chi connectivity index (χ1) is 10.1. The van der Waals surface area contributed by atoms with Crippen molar-refractivity contribution in [1.82, 2.24) is 0 Å². The van der Waals surface area contributed by atoms with Crippen LogP contribution in [0.25, 0.3) is 10.8 Å². The summed E-state index contributed by atoms with van der Waals surface area (Å²) in [6.45, 7) is 0. The molecule has 0 N–H and O–H groups in total. The van der Waals surface area contributed by atoms with Gasteiger partial charge in [0, 0.05) is 0 Å². The van der Waals surface area contributed by atoms with E-state index in [4.69, 9.17) is 0 Å². The maximum absolute atomic E-state index is 11.6. The first-order valence-corrected chi connectivity index (χ1v) is 9.67. The number of rotatable bonds is 3. The first kappa shape index (κ1) is 13.3. The highest BCUT2D eigenvalue weighted by atomic mass is 32.2. The fourth-order valence-electron chi connectivity index (χ4n) is 3.98. The van der Waals surface area contributed by atoms with Crippen LogP contribution in [0, 0.1) is 5.92 Å². The zero-order valence-electron chi connectivity index (χ0n) is 12.1. The second-order valence-corrected chi connectivity index (χ2v) is 8.76. The molecule has 0 amide bonds. The molecule has 1 atom stereocenters. The summed E-state index contributed by atoms with van der Waals surface area (Å²) >= 11 is 0. The molecule has 21 heavy (non-hydrogen) atoms. The van der Waals surface area contributed by atoms with Crippen molar-refractivity contribution in [3.8, 4) is 0 Å². The molecule has 0 radical (unpaired) electrons. The molecule has 2 aromatic rings. The van der Waals surface area contributed by atoms with E-state index in [0.717, 1.165) is 32.1 Å². The Balaban J connectivity index is 1.61. The van der Waals surface area contributed by atoms with E-state index >= 15 is 0 Å². The molecule has 1 aliphatic heterocycles. The predicted octanol–water partition coefficient (Wildman–Crippen LogP) is 3.31. The third-order valence-corrected chi connectivity index (χ3v) is 6.95. The summed E-state index contributed by atoms with van der Waals surface area (Å²) in [5.74, 6) is 1.15. The predicted molar refractivity (Wildman–Crippen MR) is 86.4 cm³/mol. The first-order valence-electron chi connectivity index (χ1n) is 7.85. The van der Waals surface area contributed by atoms with E-state index in [1.807, 2.05) is 0 Å². The lowest BCUT2D eigenvalue weighted by Gasteiger charge is -2.11. The highest BCUT2D eigenvalue weighted by molar-refractivity contribution is 7.91. The van der Waals surface area contributed by atoms with Crippen LogP contribution in [0.15, 0.2) is 30.3 Å². The fraction of sp³-hybridized carbons (Fsp3) is 0.444. The molecule has 110 valence electrons. The normalized spacial score (nSPS) is 23.0. The quantitative estimate of drug-likeness (QED) is 0.871. The summed E-state index contributed by atoms with van der Waals surface area (Å²) in [6.07, 6.45) is 5.18. The molecule has 0 bridgehead atoms. The second kappa shape index (κ2) is 4.84. The molecule has 4 rings (SSSR count). The smallest absolute Gasteiger partial charge is 0.150 e. The van der Waals surface area contributed by atoms with E-state index in [9.17, 15) is 8.42 Å². The lowest BCUT2D eigenvalue weighted by atomic mass is 9.94. The van der Waals surface area contributed by atoms with Gasteiger partial charge in [-0.2, -0.15) is 0 Å². The van der Waals surface area contributed by atoms with Gasteiger partial charge in [0.15, 0.2) is 9.84 Å². The number of hydrogen-bond donors (Lipinski definition) is 0. The molecule has 1 saturated heterocycles. The van der Waals surface area contributed by atoms with Crippen molar-refractivity contribution in [2.75, 3.05) is 11.5 Å². The maximum atomic E-state index is 11.6. The van der Waals surface area contributed by atoms with E-state index in [1.165, 1.54) is 27.5 Å². The van der Waals surface area contributed by atoms with Crippen LogP contribution in [0.5, 0.6) is 0 Å². The van der Waals surface area contributed by atoms with Gasteiger partial charge in [-0.1, -0.05) is 30.3 Å². The largest absolute Gasteiger partial charge is 0.229 e. The van der Waals surface area contributed by atoms with Crippen LogP contribution in [-0.2, 0) is 29.1 Å². The molecule has 0 aromatic heterocycles. The van der Waals surface area contributed by atoms with Crippen LogP contribution in [0.1, 0.15) is 29.5 Å². The van der Waals surface area contributed by atoms with Gasteiger partial charge in [0.25, 0.3) is 0 Å². The Morgan fingerprint density at radius 3 is 2.62 bits per heavy atom. The van der Waals surface area contributed by atoms with Gasteiger partial charge in [-0.05, 0) is 65.5 Å². The standard InChI is InChI=1S/C18H20O2S/c19-21(20)11-10-13(12-21)4-5-14-6-7-16-9-8-15-2-1-3-17(14)18(15)16/h1-3,6-7,13H,4-5,8-12H2/t13-/m0/s1. The lowest BCUT2D eigenvalue weighted by molar-refractivity contribution is 0.543. The molecular weight excluding hydrogens is 280 g/mol. The van der Waals surface area contributed by atoms with E-state index in [-0.39, 0.29) is 0 Å². The maximum Gasteiger partial charge on any atom is 0.150 e. The molecule has 3 heteroatoms. The van der Waals surface area contributed by atoms with Crippen LogP contribution in [0.4, 0.5) is 0 Å². The summed E-state index contributed by atoms with van der Waals surface area (Å²) in [7, 11) is -2.75. The number of benzene rings is 2. The van der Waals surface area contributed by atoms with Crippen molar-refractivity contribution in [3.63, 3.8) is 0 Å². The van der Waals surface area contributed by atoms with Gasteiger partial charge in [-0.3, -0.25) is 0 Å². The van der Waals surface area contributed by atoms with Crippen molar-refractivity contribution in [1.29, 1.82) is 0 Å². The van der Waals surface area contributed by atoms with Crippen molar-refractivity contribution in [3.05, 3.63) is 47.0 Å². The van der Waals surface area contributed by atoms with Gasteiger partial charge >= 0.3 is 0 Å². The summed E-state index contributed by atoms with van der Waals surface area (Å²) in [6, 6.07) is 11.2. The Labute approximate surface area is 126 Å². The van der Waals surface area contributed by atoms with Crippen LogP contribution in [0.3, 0.4) is 0 Å². The second-order valence-electron chi connectivity index (χ2n) is 6.53. The van der Waals surface area contributed by atoms with Gasteiger partial charge < -0.3 is 0 Å². The molecule has 2 nitrogen and oxygen atoms in total. The minimum atomic E-state index is -2.75. The van der Waals surface area contributed by atoms with Gasteiger partial charge in [0.05, 0.1) is 11.5 Å². The molecule has 2 aliphatic rings. The third kappa shape index (κ3) is 2.38. The number of sulfone groups is 1. The molecular formula is C18H20O2S. The minimum absolute atomic E-state index is 0.359. The summed E-state index contributed by atoms with van der Waals surface area (Å²) in [4.78, 5) is 0. The molecule has 1 aliphatic carbocycles. The van der Waals surface area contributed by atoms with Crippen molar-refractivity contribution in [2.45, 2.75) is 32.1 Å². The molecule has 2 aromatic carbocycles. The van der Waals surface area contributed by atoms with Crippen molar-refractivity contribution in [2.24, 2.45) is 5.92 Å². The zero-order chi connectivity index (χ0) is 14.4.